The normalized spacial score (nSPS) is 19.1. The Morgan fingerprint density at radius 3 is 3.00 bits per heavy atom. The number of anilines is 1. The molecule has 1 fully saturated rings. The van der Waals surface area contributed by atoms with Gasteiger partial charge in [-0.25, -0.2) is 4.98 Å². The number of nitrogens with two attached hydrogens (primary N) is 1. The van der Waals surface area contributed by atoms with E-state index >= 15 is 0 Å². The fourth-order valence-corrected chi connectivity index (χ4v) is 2.99. The van der Waals surface area contributed by atoms with Gasteiger partial charge in [0.1, 0.15) is 5.82 Å². The number of amides is 1. The van der Waals surface area contributed by atoms with E-state index in [1.54, 1.807) is 6.07 Å². The number of nitrogens with zero attached hydrogens (tertiary/aromatic N) is 2. The number of rotatable bonds is 6. The lowest BCUT2D eigenvalue weighted by molar-refractivity contribution is 0.1000. The zero-order valence-corrected chi connectivity index (χ0v) is 13.4. The summed E-state index contributed by atoms with van der Waals surface area (Å²) in [4.78, 5) is 17.8. The monoisotopic (exact) mass is 310 g/mol. The molecule has 0 unspecified atom stereocenters. The molecule has 0 spiro atoms. The van der Waals surface area contributed by atoms with Crippen LogP contribution in [-0.2, 0) is 0 Å². The van der Waals surface area contributed by atoms with Crippen LogP contribution in [0.5, 0.6) is 0 Å². The molecule has 0 radical (unpaired) electrons. The zero-order valence-electron chi connectivity index (χ0n) is 12.6. The second-order valence-corrected chi connectivity index (χ2v) is 6.39. The third-order valence-corrected chi connectivity index (χ3v) is 4.02. The van der Waals surface area contributed by atoms with Crippen LogP contribution in [-0.4, -0.2) is 41.5 Å². The topological polar surface area (TPSA) is 71.2 Å². The number of primary amides is 1. The minimum absolute atomic E-state index is 0.327. The molecule has 0 aliphatic carbocycles. The fourth-order valence-electron chi connectivity index (χ4n) is 2.75. The molecule has 1 aliphatic heterocycles. The molecule has 2 heterocycles. The number of hydrogen-bond donors (Lipinski definition) is 2. The van der Waals surface area contributed by atoms with Crippen LogP contribution >= 0.6 is 11.6 Å². The van der Waals surface area contributed by atoms with Crippen LogP contribution in [0, 0.1) is 5.92 Å². The largest absolute Gasteiger partial charge is 0.367 e. The molecule has 6 heteroatoms. The number of carbonyl (C=O) groups is 1. The van der Waals surface area contributed by atoms with Gasteiger partial charge in [0.15, 0.2) is 0 Å². The number of halogens is 1. The van der Waals surface area contributed by atoms with Gasteiger partial charge in [0.2, 0.25) is 5.91 Å². The quantitative estimate of drug-likeness (QED) is 0.846. The van der Waals surface area contributed by atoms with Gasteiger partial charge >= 0.3 is 0 Å². The zero-order chi connectivity index (χ0) is 15.4. The van der Waals surface area contributed by atoms with Crippen molar-refractivity contribution in [1.82, 2.24) is 9.88 Å². The summed E-state index contributed by atoms with van der Waals surface area (Å²) in [6, 6.07) is 2.07. The van der Waals surface area contributed by atoms with Crippen molar-refractivity contribution in [3.63, 3.8) is 0 Å². The maximum absolute atomic E-state index is 11.1. The number of carbonyl (C=O) groups excluding carboxylic acids is 1. The van der Waals surface area contributed by atoms with Gasteiger partial charge in [-0.3, -0.25) is 9.69 Å². The summed E-state index contributed by atoms with van der Waals surface area (Å²) in [5, 5.41) is 3.72. The van der Waals surface area contributed by atoms with Crippen molar-refractivity contribution < 1.29 is 4.79 Å². The first kappa shape index (κ1) is 16.0. The number of hydrogen-bond acceptors (Lipinski definition) is 4. The molecule has 1 amide bonds. The molecule has 0 aromatic carbocycles. The van der Waals surface area contributed by atoms with Gasteiger partial charge in [0.25, 0.3) is 0 Å². The maximum atomic E-state index is 11.1. The average Bonchev–Trinajstić information content (AvgIpc) is 2.83. The van der Waals surface area contributed by atoms with Crippen LogP contribution in [0.3, 0.4) is 0 Å². The van der Waals surface area contributed by atoms with Gasteiger partial charge in [0.05, 0.1) is 10.6 Å². The lowest BCUT2D eigenvalue weighted by Gasteiger charge is -2.26. The van der Waals surface area contributed by atoms with Crippen LogP contribution < -0.4 is 11.1 Å². The van der Waals surface area contributed by atoms with Crippen molar-refractivity contribution in [2.45, 2.75) is 32.7 Å². The third kappa shape index (κ3) is 4.32. The Morgan fingerprint density at radius 1 is 1.62 bits per heavy atom. The molecule has 0 bridgehead atoms. The molecule has 2 rings (SSSR count). The SMILES string of the molecule is CC(C)CN1CCC[C@@H]1CNc1ncc(C(N)=O)cc1Cl. The lowest BCUT2D eigenvalue weighted by atomic mass is 10.1. The van der Waals surface area contributed by atoms with Crippen molar-refractivity contribution >= 4 is 23.3 Å². The fraction of sp³-hybridized carbons (Fsp3) is 0.600. The number of pyridine rings is 1. The molecular formula is C15H23ClN4O. The van der Waals surface area contributed by atoms with Crippen LogP contribution in [0.2, 0.25) is 5.02 Å². The Balaban J connectivity index is 1.95. The Bertz CT molecular complexity index is 506. The first-order chi connectivity index (χ1) is 9.97. The Kier molecular flexibility index (Phi) is 5.42. The maximum Gasteiger partial charge on any atom is 0.250 e. The first-order valence-corrected chi connectivity index (χ1v) is 7.78. The van der Waals surface area contributed by atoms with Gasteiger partial charge in [0, 0.05) is 25.3 Å². The highest BCUT2D eigenvalue weighted by Crippen LogP contribution is 2.23. The number of likely N-dealkylation sites (tertiary alicyclic amines) is 1. The molecule has 3 N–H and O–H groups in total. The second-order valence-electron chi connectivity index (χ2n) is 5.98. The summed E-state index contributed by atoms with van der Waals surface area (Å²) in [6.07, 6.45) is 3.88. The first-order valence-electron chi connectivity index (χ1n) is 7.40. The van der Waals surface area contributed by atoms with Crippen molar-refractivity contribution in [2.75, 3.05) is 25.0 Å². The highest BCUT2D eigenvalue weighted by molar-refractivity contribution is 6.33. The van der Waals surface area contributed by atoms with Crippen LogP contribution in [0.1, 0.15) is 37.0 Å². The summed E-state index contributed by atoms with van der Waals surface area (Å²) in [6.45, 7) is 7.57. The van der Waals surface area contributed by atoms with Gasteiger partial charge in [-0.2, -0.15) is 0 Å². The summed E-state index contributed by atoms with van der Waals surface area (Å²) >= 11 is 6.13. The predicted molar refractivity (Wildman–Crippen MR) is 85.7 cm³/mol. The number of nitrogens with one attached hydrogen (secondary N) is 1. The summed E-state index contributed by atoms with van der Waals surface area (Å²) < 4.78 is 0. The smallest absolute Gasteiger partial charge is 0.250 e. The van der Waals surface area contributed by atoms with Crippen molar-refractivity contribution in [2.24, 2.45) is 11.7 Å². The summed E-state index contributed by atoms with van der Waals surface area (Å²) in [5.41, 5.74) is 5.53. The molecule has 1 aliphatic rings. The molecule has 1 aromatic heterocycles. The Hall–Kier alpha value is -1.33. The van der Waals surface area contributed by atoms with Gasteiger partial charge in [-0.15, -0.1) is 0 Å². The van der Waals surface area contributed by atoms with Gasteiger partial charge < -0.3 is 11.1 Å². The van der Waals surface area contributed by atoms with E-state index in [9.17, 15) is 4.79 Å². The molecule has 21 heavy (non-hydrogen) atoms. The van der Waals surface area contributed by atoms with E-state index in [0.717, 1.165) is 19.6 Å². The molecule has 1 saturated heterocycles. The summed E-state index contributed by atoms with van der Waals surface area (Å²) in [7, 11) is 0. The van der Waals surface area contributed by atoms with E-state index in [1.165, 1.54) is 19.0 Å². The van der Waals surface area contributed by atoms with E-state index in [1.807, 2.05) is 0 Å². The number of aromatic nitrogens is 1. The van der Waals surface area contributed by atoms with Crippen molar-refractivity contribution in [3.8, 4) is 0 Å². The van der Waals surface area contributed by atoms with E-state index < -0.39 is 5.91 Å². The summed E-state index contributed by atoms with van der Waals surface area (Å²) in [5.74, 6) is 0.759. The molecule has 1 aromatic rings. The van der Waals surface area contributed by atoms with E-state index in [0.29, 0.717) is 28.4 Å². The van der Waals surface area contributed by atoms with Crippen molar-refractivity contribution in [3.05, 3.63) is 22.8 Å². The van der Waals surface area contributed by atoms with Crippen LogP contribution in [0.4, 0.5) is 5.82 Å². The van der Waals surface area contributed by atoms with Gasteiger partial charge in [-0.1, -0.05) is 25.4 Å². The Morgan fingerprint density at radius 2 is 2.38 bits per heavy atom. The second kappa shape index (κ2) is 7.09. The van der Waals surface area contributed by atoms with Gasteiger partial charge in [-0.05, 0) is 31.4 Å². The highest BCUT2D eigenvalue weighted by atomic mass is 35.5. The van der Waals surface area contributed by atoms with Crippen LogP contribution in [0.15, 0.2) is 12.3 Å². The van der Waals surface area contributed by atoms with Crippen molar-refractivity contribution in [1.29, 1.82) is 0 Å². The molecule has 1 atom stereocenters. The van der Waals surface area contributed by atoms with E-state index in [2.05, 4.69) is 29.0 Å². The minimum atomic E-state index is -0.519. The average molecular weight is 311 g/mol. The molecule has 5 nitrogen and oxygen atoms in total. The van der Waals surface area contributed by atoms with E-state index in [4.69, 9.17) is 17.3 Å². The highest BCUT2D eigenvalue weighted by Gasteiger charge is 2.24. The van der Waals surface area contributed by atoms with E-state index in [-0.39, 0.29) is 0 Å². The molecular weight excluding hydrogens is 288 g/mol. The predicted octanol–water partition coefficient (Wildman–Crippen LogP) is 2.37. The Labute approximate surface area is 130 Å². The third-order valence-electron chi connectivity index (χ3n) is 3.73. The minimum Gasteiger partial charge on any atom is -0.367 e. The standard InChI is InChI=1S/C15H23ClN4O/c1-10(2)9-20-5-3-4-12(20)8-19-15-13(16)6-11(7-18-15)14(17)21/h6-7,10,12H,3-5,8-9H2,1-2H3,(H2,17,21)(H,18,19)/t12-/m1/s1. The van der Waals surface area contributed by atoms with Crippen LogP contribution in [0.25, 0.3) is 0 Å². The lowest BCUT2D eigenvalue weighted by Crippen LogP contribution is -2.37. The molecule has 0 saturated carbocycles. The molecule has 116 valence electrons.